The molecule has 1 aliphatic heterocycles. The first-order valence-electron chi connectivity index (χ1n) is 5.00. The van der Waals surface area contributed by atoms with Crippen LogP contribution >= 0.6 is 0 Å². The van der Waals surface area contributed by atoms with Crippen molar-refractivity contribution in [3.63, 3.8) is 0 Å². The normalized spacial score (nSPS) is 22.9. The Morgan fingerprint density at radius 3 is 3.07 bits per heavy atom. The van der Waals surface area contributed by atoms with Gasteiger partial charge < -0.3 is 14.7 Å². The highest BCUT2D eigenvalue weighted by atomic mass is 16.5. The Balaban J connectivity index is 1.82. The third-order valence-corrected chi connectivity index (χ3v) is 2.69. The minimum Gasteiger partial charge on any atom is -0.336 e. The molecule has 5 heteroatoms. The zero-order valence-electron chi connectivity index (χ0n) is 8.66. The van der Waals surface area contributed by atoms with Crippen molar-refractivity contribution in [2.75, 3.05) is 25.5 Å². The van der Waals surface area contributed by atoms with Crippen LogP contribution in [0.25, 0.3) is 0 Å². The van der Waals surface area contributed by atoms with E-state index in [9.17, 15) is 0 Å². The van der Waals surface area contributed by atoms with Crippen LogP contribution in [0, 0.1) is 6.92 Å². The predicted octanol–water partition coefficient (Wildman–Crippen LogP) is 0.884. The lowest BCUT2D eigenvalue weighted by Gasteiger charge is -2.18. The minimum atomic E-state index is 0.530. The summed E-state index contributed by atoms with van der Waals surface area (Å²) in [4.78, 5) is 6.45. The van der Waals surface area contributed by atoms with E-state index < -0.39 is 0 Å². The van der Waals surface area contributed by atoms with Gasteiger partial charge in [-0.2, -0.15) is 4.98 Å². The molecular weight excluding hydrogens is 180 g/mol. The van der Waals surface area contributed by atoms with E-state index in [0.717, 1.165) is 6.54 Å². The van der Waals surface area contributed by atoms with Crippen LogP contribution in [-0.2, 0) is 0 Å². The van der Waals surface area contributed by atoms with E-state index in [1.165, 1.54) is 19.4 Å². The second-order valence-electron chi connectivity index (χ2n) is 3.80. The van der Waals surface area contributed by atoms with Crippen LogP contribution in [0.2, 0.25) is 0 Å². The largest absolute Gasteiger partial charge is 0.336 e. The first-order chi connectivity index (χ1) is 6.75. The maximum absolute atomic E-state index is 4.97. The Labute approximate surface area is 83.5 Å². The second kappa shape index (κ2) is 3.96. The maximum Gasteiger partial charge on any atom is 0.321 e. The van der Waals surface area contributed by atoms with Crippen LogP contribution < -0.4 is 5.32 Å². The molecule has 0 radical (unpaired) electrons. The van der Waals surface area contributed by atoms with Gasteiger partial charge in [-0.25, -0.2) is 0 Å². The number of aromatic nitrogens is 2. The lowest BCUT2D eigenvalue weighted by Crippen LogP contribution is -2.31. The van der Waals surface area contributed by atoms with Crippen molar-refractivity contribution < 1.29 is 4.52 Å². The van der Waals surface area contributed by atoms with Gasteiger partial charge in [0.1, 0.15) is 0 Å². The fourth-order valence-electron chi connectivity index (χ4n) is 1.81. The summed E-state index contributed by atoms with van der Waals surface area (Å²) in [6.45, 7) is 3.89. The number of hydrogen-bond acceptors (Lipinski definition) is 5. The third kappa shape index (κ3) is 2.04. The first kappa shape index (κ1) is 9.45. The average molecular weight is 196 g/mol. The molecule has 78 valence electrons. The van der Waals surface area contributed by atoms with Gasteiger partial charge in [0.05, 0.1) is 0 Å². The summed E-state index contributed by atoms with van der Waals surface area (Å²) in [6.07, 6.45) is 2.53. The summed E-state index contributed by atoms with van der Waals surface area (Å²) < 4.78 is 4.97. The zero-order valence-corrected chi connectivity index (χ0v) is 8.66. The van der Waals surface area contributed by atoms with Gasteiger partial charge in [0.15, 0.2) is 5.82 Å². The minimum absolute atomic E-state index is 0.530. The summed E-state index contributed by atoms with van der Waals surface area (Å²) >= 11 is 0. The SMILES string of the molecule is Cc1noc(NCC2CCCN2C)n1. The number of nitrogens with zero attached hydrogens (tertiary/aromatic N) is 3. The molecule has 1 saturated heterocycles. The molecule has 0 bridgehead atoms. The van der Waals surface area contributed by atoms with E-state index in [4.69, 9.17) is 4.52 Å². The fourth-order valence-corrected chi connectivity index (χ4v) is 1.81. The van der Waals surface area contributed by atoms with Crippen molar-refractivity contribution in [1.29, 1.82) is 0 Å². The summed E-state index contributed by atoms with van der Waals surface area (Å²) in [5, 5.41) is 6.87. The Morgan fingerprint density at radius 1 is 1.64 bits per heavy atom. The van der Waals surface area contributed by atoms with Crippen LogP contribution in [0.3, 0.4) is 0 Å². The number of likely N-dealkylation sites (tertiary alicyclic amines) is 1. The first-order valence-corrected chi connectivity index (χ1v) is 5.00. The molecule has 2 rings (SSSR count). The van der Waals surface area contributed by atoms with Crippen molar-refractivity contribution in [2.24, 2.45) is 0 Å². The van der Waals surface area contributed by atoms with Gasteiger partial charge in [-0.15, -0.1) is 0 Å². The van der Waals surface area contributed by atoms with Gasteiger partial charge in [-0.1, -0.05) is 5.16 Å². The van der Waals surface area contributed by atoms with E-state index in [0.29, 0.717) is 17.9 Å². The van der Waals surface area contributed by atoms with E-state index in [-0.39, 0.29) is 0 Å². The van der Waals surface area contributed by atoms with Crippen molar-refractivity contribution in [2.45, 2.75) is 25.8 Å². The Hall–Kier alpha value is -1.10. The van der Waals surface area contributed by atoms with Gasteiger partial charge in [-0.3, -0.25) is 0 Å². The van der Waals surface area contributed by atoms with Crippen LogP contribution in [-0.4, -0.2) is 41.2 Å². The van der Waals surface area contributed by atoms with E-state index >= 15 is 0 Å². The molecule has 1 aliphatic rings. The summed E-state index contributed by atoms with van der Waals surface area (Å²) in [5.74, 6) is 0.673. The summed E-state index contributed by atoms with van der Waals surface area (Å²) in [7, 11) is 2.15. The number of hydrogen-bond donors (Lipinski definition) is 1. The van der Waals surface area contributed by atoms with Crippen LogP contribution in [0.15, 0.2) is 4.52 Å². The van der Waals surface area contributed by atoms with Gasteiger partial charge >= 0.3 is 6.01 Å². The molecule has 1 atom stereocenters. The molecule has 1 unspecified atom stereocenters. The molecule has 1 aromatic heterocycles. The van der Waals surface area contributed by atoms with E-state index in [2.05, 4.69) is 27.4 Å². The molecule has 14 heavy (non-hydrogen) atoms. The summed E-state index contributed by atoms with van der Waals surface area (Å²) in [5.41, 5.74) is 0. The lowest BCUT2D eigenvalue weighted by atomic mass is 10.2. The Morgan fingerprint density at radius 2 is 2.50 bits per heavy atom. The number of nitrogens with one attached hydrogen (secondary N) is 1. The number of likely N-dealkylation sites (N-methyl/N-ethyl adjacent to an activating group) is 1. The quantitative estimate of drug-likeness (QED) is 0.778. The zero-order chi connectivity index (χ0) is 9.97. The molecule has 1 aromatic rings. The molecule has 0 aromatic carbocycles. The smallest absolute Gasteiger partial charge is 0.321 e. The van der Waals surface area contributed by atoms with Gasteiger partial charge in [-0.05, 0) is 33.4 Å². The standard InChI is InChI=1S/C9H16N4O/c1-7-11-9(14-12-7)10-6-8-4-3-5-13(8)2/h8H,3-6H2,1-2H3,(H,10,11,12). The fraction of sp³-hybridized carbons (Fsp3) is 0.778. The van der Waals surface area contributed by atoms with Crippen molar-refractivity contribution >= 4 is 6.01 Å². The molecule has 1 N–H and O–H groups in total. The molecule has 0 amide bonds. The van der Waals surface area contributed by atoms with Gasteiger partial charge in [0.25, 0.3) is 0 Å². The topological polar surface area (TPSA) is 54.2 Å². The molecular formula is C9H16N4O. The molecule has 1 fully saturated rings. The van der Waals surface area contributed by atoms with Crippen molar-refractivity contribution in [1.82, 2.24) is 15.0 Å². The van der Waals surface area contributed by atoms with Crippen LogP contribution in [0.4, 0.5) is 6.01 Å². The number of anilines is 1. The van der Waals surface area contributed by atoms with Gasteiger partial charge in [0.2, 0.25) is 0 Å². The molecule has 5 nitrogen and oxygen atoms in total. The molecule has 0 saturated carbocycles. The average Bonchev–Trinajstić information content (AvgIpc) is 2.72. The Kier molecular flexibility index (Phi) is 2.67. The van der Waals surface area contributed by atoms with Gasteiger partial charge in [0, 0.05) is 12.6 Å². The molecule has 0 spiro atoms. The second-order valence-corrected chi connectivity index (χ2v) is 3.80. The van der Waals surface area contributed by atoms with Crippen molar-refractivity contribution in [3.8, 4) is 0 Å². The lowest BCUT2D eigenvalue weighted by molar-refractivity contribution is 0.319. The van der Waals surface area contributed by atoms with Crippen LogP contribution in [0.1, 0.15) is 18.7 Å². The highest BCUT2D eigenvalue weighted by Gasteiger charge is 2.20. The van der Waals surface area contributed by atoms with Crippen LogP contribution in [0.5, 0.6) is 0 Å². The maximum atomic E-state index is 4.97. The highest BCUT2D eigenvalue weighted by Crippen LogP contribution is 2.15. The van der Waals surface area contributed by atoms with E-state index in [1.807, 2.05) is 6.92 Å². The monoisotopic (exact) mass is 196 g/mol. The highest BCUT2D eigenvalue weighted by molar-refractivity contribution is 5.18. The predicted molar refractivity (Wildman–Crippen MR) is 53.2 cm³/mol. The van der Waals surface area contributed by atoms with Crippen molar-refractivity contribution in [3.05, 3.63) is 5.82 Å². The Bertz CT molecular complexity index is 299. The molecule has 2 heterocycles. The number of aryl methyl sites for hydroxylation is 1. The third-order valence-electron chi connectivity index (χ3n) is 2.69. The summed E-state index contributed by atoms with van der Waals surface area (Å²) in [6, 6.07) is 1.13. The van der Waals surface area contributed by atoms with E-state index in [1.54, 1.807) is 0 Å². The number of rotatable bonds is 3. The molecule has 0 aliphatic carbocycles.